The molecule has 0 aromatic carbocycles. The topological polar surface area (TPSA) is 44.0 Å². The molecule has 1 N–H and O–H groups in total. The highest BCUT2D eigenvalue weighted by Crippen LogP contribution is 2.56. The smallest absolute Gasteiger partial charge is 0.0866 e. The molecule has 2 heteroatoms. The normalized spacial score (nSPS) is 35.6. The van der Waals surface area contributed by atoms with Gasteiger partial charge >= 0.3 is 0 Å². The molecule has 2 fully saturated rings. The van der Waals surface area contributed by atoms with Crippen LogP contribution in [0.5, 0.6) is 0 Å². The molecule has 0 radical (unpaired) electrons. The number of hydrogen-bond donors (Lipinski definition) is 1. The number of nitriles is 1. The van der Waals surface area contributed by atoms with Gasteiger partial charge in [-0.05, 0) is 37.0 Å². The summed E-state index contributed by atoms with van der Waals surface area (Å²) in [5, 5.41) is 21.4. The Bertz CT molecular complexity index is 356. The Labute approximate surface area is 118 Å². The van der Waals surface area contributed by atoms with Crippen molar-refractivity contribution in [1.29, 1.82) is 5.26 Å². The summed E-state index contributed by atoms with van der Waals surface area (Å²) in [6.45, 7) is 6.67. The lowest BCUT2D eigenvalue weighted by Crippen LogP contribution is -2.58. The van der Waals surface area contributed by atoms with E-state index in [1.807, 2.05) is 0 Å². The van der Waals surface area contributed by atoms with Gasteiger partial charge < -0.3 is 5.11 Å². The van der Waals surface area contributed by atoms with E-state index in [1.165, 1.54) is 12.8 Å². The monoisotopic (exact) mass is 263 g/mol. The van der Waals surface area contributed by atoms with Gasteiger partial charge in [-0.2, -0.15) is 5.26 Å². The second-order valence-corrected chi connectivity index (χ2v) is 7.84. The zero-order valence-corrected chi connectivity index (χ0v) is 12.8. The van der Waals surface area contributed by atoms with E-state index in [9.17, 15) is 10.4 Å². The van der Waals surface area contributed by atoms with Crippen molar-refractivity contribution in [2.75, 3.05) is 0 Å². The van der Waals surface area contributed by atoms with Crippen LogP contribution in [0.4, 0.5) is 0 Å². The summed E-state index contributed by atoms with van der Waals surface area (Å²) in [4.78, 5) is 0. The number of hydrogen-bond acceptors (Lipinski definition) is 2. The Morgan fingerprint density at radius 1 is 1.00 bits per heavy atom. The number of rotatable bonds is 1. The van der Waals surface area contributed by atoms with Crippen molar-refractivity contribution in [2.45, 2.75) is 84.2 Å². The molecule has 0 aromatic heterocycles. The fraction of sp³-hybridized carbons (Fsp3) is 0.941. The van der Waals surface area contributed by atoms with Gasteiger partial charge in [0.2, 0.25) is 0 Å². The zero-order valence-electron chi connectivity index (χ0n) is 12.8. The summed E-state index contributed by atoms with van der Waals surface area (Å²) >= 11 is 0. The van der Waals surface area contributed by atoms with Gasteiger partial charge in [-0.1, -0.05) is 52.9 Å². The Hall–Kier alpha value is -0.550. The molecule has 2 rings (SSSR count). The largest absolute Gasteiger partial charge is 0.388 e. The Kier molecular flexibility index (Phi) is 3.98. The fourth-order valence-electron chi connectivity index (χ4n) is 4.67. The minimum absolute atomic E-state index is 0.0798. The molecular weight excluding hydrogens is 234 g/mol. The first kappa shape index (κ1) is 14.9. The molecule has 2 nitrogen and oxygen atoms in total. The molecule has 0 heterocycles. The molecule has 2 unspecified atom stereocenters. The van der Waals surface area contributed by atoms with E-state index in [0.717, 1.165) is 44.9 Å². The molecule has 2 saturated carbocycles. The summed E-state index contributed by atoms with van der Waals surface area (Å²) in [7, 11) is 0. The van der Waals surface area contributed by atoms with Crippen LogP contribution >= 0.6 is 0 Å². The second kappa shape index (κ2) is 5.09. The minimum atomic E-state index is -0.765. The maximum absolute atomic E-state index is 11.5. The van der Waals surface area contributed by atoms with Gasteiger partial charge in [0.15, 0.2) is 0 Å². The number of aliphatic hydroxyl groups is 1. The van der Waals surface area contributed by atoms with E-state index >= 15 is 0 Å². The molecule has 0 aromatic rings. The SMILES string of the molecule is CC(C)(C)C1CCCCC1(O)C1(C#N)CCCCC1. The molecule has 0 saturated heterocycles. The van der Waals surface area contributed by atoms with Crippen molar-refractivity contribution < 1.29 is 5.11 Å². The second-order valence-electron chi connectivity index (χ2n) is 7.84. The van der Waals surface area contributed by atoms with E-state index in [2.05, 4.69) is 26.8 Å². The first-order valence-electron chi connectivity index (χ1n) is 7.99. The van der Waals surface area contributed by atoms with E-state index in [1.54, 1.807) is 0 Å². The molecule has 108 valence electrons. The highest BCUT2D eigenvalue weighted by atomic mass is 16.3. The predicted molar refractivity (Wildman–Crippen MR) is 77.5 cm³/mol. The lowest BCUT2D eigenvalue weighted by molar-refractivity contribution is -0.164. The highest BCUT2D eigenvalue weighted by Gasteiger charge is 2.58. The van der Waals surface area contributed by atoms with Crippen molar-refractivity contribution in [3.05, 3.63) is 0 Å². The molecule has 0 amide bonds. The summed E-state index contributed by atoms with van der Waals surface area (Å²) in [5.41, 5.74) is -1.17. The van der Waals surface area contributed by atoms with Crippen LogP contribution < -0.4 is 0 Å². The number of nitrogens with zero attached hydrogens (tertiary/aromatic N) is 1. The maximum atomic E-state index is 11.5. The summed E-state index contributed by atoms with van der Waals surface area (Å²) in [6.07, 6.45) is 9.39. The van der Waals surface area contributed by atoms with E-state index in [0.29, 0.717) is 0 Å². The first-order valence-corrected chi connectivity index (χ1v) is 7.99. The maximum Gasteiger partial charge on any atom is 0.0866 e. The van der Waals surface area contributed by atoms with Crippen LogP contribution in [0, 0.1) is 28.1 Å². The predicted octanol–water partition coefficient (Wildman–Crippen LogP) is 4.43. The Morgan fingerprint density at radius 2 is 1.58 bits per heavy atom. The fourth-order valence-corrected chi connectivity index (χ4v) is 4.67. The van der Waals surface area contributed by atoms with Crippen LogP contribution in [0.15, 0.2) is 0 Å². The summed E-state index contributed by atoms with van der Waals surface area (Å²) in [6, 6.07) is 2.58. The Morgan fingerprint density at radius 3 is 2.11 bits per heavy atom. The minimum Gasteiger partial charge on any atom is -0.388 e. The molecule has 0 spiro atoms. The molecule has 2 aliphatic rings. The van der Waals surface area contributed by atoms with Gasteiger partial charge in [0.25, 0.3) is 0 Å². The van der Waals surface area contributed by atoms with Gasteiger partial charge in [0.1, 0.15) is 0 Å². The Balaban J connectivity index is 2.38. The standard InChI is InChI=1S/C17H29NO/c1-15(2,3)14-9-5-8-12-17(14,19)16(13-18)10-6-4-7-11-16/h14,19H,4-12H2,1-3H3. The molecular formula is C17H29NO. The lowest BCUT2D eigenvalue weighted by Gasteiger charge is -2.55. The summed E-state index contributed by atoms with van der Waals surface area (Å²) in [5.74, 6) is 0.256. The van der Waals surface area contributed by atoms with E-state index in [4.69, 9.17) is 0 Å². The van der Waals surface area contributed by atoms with Crippen LogP contribution in [-0.2, 0) is 0 Å². The van der Waals surface area contributed by atoms with Crippen molar-refractivity contribution in [3.63, 3.8) is 0 Å². The molecule has 0 aliphatic heterocycles. The van der Waals surface area contributed by atoms with Gasteiger partial charge in [-0.25, -0.2) is 0 Å². The molecule has 19 heavy (non-hydrogen) atoms. The van der Waals surface area contributed by atoms with Crippen LogP contribution in [0.1, 0.15) is 78.6 Å². The third-order valence-corrected chi connectivity index (χ3v) is 5.67. The molecule has 0 bridgehead atoms. The molecule has 2 aliphatic carbocycles. The van der Waals surface area contributed by atoms with Crippen molar-refractivity contribution in [1.82, 2.24) is 0 Å². The molecule has 2 atom stereocenters. The van der Waals surface area contributed by atoms with Crippen LogP contribution in [-0.4, -0.2) is 10.7 Å². The highest BCUT2D eigenvalue weighted by molar-refractivity contribution is 5.16. The average Bonchev–Trinajstić information content (AvgIpc) is 2.38. The van der Waals surface area contributed by atoms with Gasteiger partial charge in [-0.3, -0.25) is 0 Å². The van der Waals surface area contributed by atoms with Gasteiger partial charge in [0.05, 0.1) is 17.1 Å². The first-order chi connectivity index (χ1) is 8.86. The van der Waals surface area contributed by atoms with Gasteiger partial charge in [-0.15, -0.1) is 0 Å². The third-order valence-electron chi connectivity index (χ3n) is 5.67. The van der Waals surface area contributed by atoms with Crippen LogP contribution in [0.3, 0.4) is 0 Å². The van der Waals surface area contributed by atoms with Gasteiger partial charge in [0, 0.05) is 0 Å². The van der Waals surface area contributed by atoms with Crippen molar-refractivity contribution in [3.8, 4) is 6.07 Å². The van der Waals surface area contributed by atoms with Crippen LogP contribution in [0.25, 0.3) is 0 Å². The summed E-state index contributed by atoms with van der Waals surface area (Å²) < 4.78 is 0. The van der Waals surface area contributed by atoms with Crippen LogP contribution in [0.2, 0.25) is 0 Å². The average molecular weight is 263 g/mol. The third kappa shape index (κ3) is 2.42. The van der Waals surface area contributed by atoms with E-state index in [-0.39, 0.29) is 11.3 Å². The zero-order chi connectivity index (χ0) is 14.1. The lowest BCUT2D eigenvalue weighted by atomic mass is 9.51. The van der Waals surface area contributed by atoms with Crippen molar-refractivity contribution in [2.24, 2.45) is 16.7 Å². The quantitative estimate of drug-likeness (QED) is 0.760. The van der Waals surface area contributed by atoms with E-state index < -0.39 is 11.0 Å². The van der Waals surface area contributed by atoms with Crippen molar-refractivity contribution >= 4 is 0 Å².